The Morgan fingerprint density at radius 3 is 2.44 bits per heavy atom. The van der Waals surface area contributed by atoms with Crippen molar-refractivity contribution in [3.05, 3.63) is 65.7 Å². The van der Waals surface area contributed by atoms with Crippen LogP contribution in [-0.4, -0.2) is 80.4 Å². The van der Waals surface area contributed by atoms with Crippen molar-refractivity contribution in [2.75, 3.05) is 45.9 Å². The smallest absolute Gasteiger partial charge is 0.244 e. The zero-order valence-corrected chi connectivity index (χ0v) is 20.0. The predicted molar refractivity (Wildman–Crippen MR) is 127 cm³/mol. The number of sulfonamides is 1. The molecule has 1 unspecified atom stereocenters. The molecule has 4 rings (SSSR count). The second-order valence-electron chi connectivity index (χ2n) is 8.68. The van der Waals surface area contributed by atoms with Crippen molar-refractivity contribution in [1.29, 1.82) is 5.26 Å². The van der Waals surface area contributed by atoms with Crippen molar-refractivity contribution in [3.8, 4) is 6.07 Å². The Hall–Kier alpha value is -2.77. The van der Waals surface area contributed by atoms with Crippen molar-refractivity contribution in [2.45, 2.75) is 30.4 Å². The Labute approximate surface area is 201 Å². The highest BCUT2D eigenvalue weighted by molar-refractivity contribution is 7.89. The summed E-state index contributed by atoms with van der Waals surface area (Å²) in [7, 11) is -3.79. The van der Waals surface area contributed by atoms with E-state index in [0.29, 0.717) is 26.2 Å². The van der Waals surface area contributed by atoms with Gasteiger partial charge in [0.25, 0.3) is 0 Å². The van der Waals surface area contributed by atoms with Gasteiger partial charge >= 0.3 is 0 Å². The van der Waals surface area contributed by atoms with Crippen LogP contribution < -0.4 is 0 Å². The van der Waals surface area contributed by atoms with E-state index in [4.69, 9.17) is 4.74 Å². The molecule has 0 saturated carbocycles. The first-order valence-corrected chi connectivity index (χ1v) is 13.1. The summed E-state index contributed by atoms with van der Waals surface area (Å²) in [6.45, 7) is 3.45. The number of nitrogens with zero attached hydrogens (tertiary/aromatic N) is 4. The maximum Gasteiger partial charge on any atom is 0.244 e. The highest BCUT2D eigenvalue weighted by Gasteiger charge is 2.32. The van der Waals surface area contributed by atoms with Gasteiger partial charge in [-0.05, 0) is 30.5 Å². The van der Waals surface area contributed by atoms with Crippen LogP contribution in [0.4, 0.5) is 0 Å². The van der Waals surface area contributed by atoms with Crippen molar-refractivity contribution >= 4 is 15.9 Å². The summed E-state index contributed by atoms with van der Waals surface area (Å²) in [6.07, 6.45) is 2.18. The number of amides is 1. The van der Waals surface area contributed by atoms with Crippen molar-refractivity contribution < 1.29 is 17.9 Å². The van der Waals surface area contributed by atoms with E-state index in [-0.39, 0.29) is 42.1 Å². The monoisotopic (exact) mass is 482 g/mol. The predicted octanol–water partition coefficient (Wildman–Crippen LogP) is 2.07. The molecule has 2 heterocycles. The van der Waals surface area contributed by atoms with Crippen molar-refractivity contribution in [3.63, 3.8) is 0 Å². The molecule has 0 aromatic heterocycles. The Morgan fingerprint density at radius 1 is 1.06 bits per heavy atom. The first-order chi connectivity index (χ1) is 16.5. The lowest BCUT2D eigenvalue weighted by atomic mass is 10.2. The summed E-state index contributed by atoms with van der Waals surface area (Å²) >= 11 is 0. The Morgan fingerprint density at radius 2 is 1.76 bits per heavy atom. The van der Waals surface area contributed by atoms with Crippen LogP contribution in [0, 0.1) is 11.3 Å². The Bertz CT molecular complexity index is 1120. The molecule has 8 nitrogen and oxygen atoms in total. The third-order valence-corrected chi connectivity index (χ3v) is 8.27. The second-order valence-corrected chi connectivity index (χ2v) is 10.6. The number of hydrogen-bond donors (Lipinski definition) is 0. The molecule has 9 heteroatoms. The van der Waals surface area contributed by atoms with E-state index in [2.05, 4.69) is 17.0 Å². The average Bonchev–Trinajstić information content (AvgIpc) is 3.37. The first-order valence-electron chi connectivity index (χ1n) is 11.6. The van der Waals surface area contributed by atoms with Gasteiger partial charge in [0, 0.05) is 45.9 Å². The van der Waals surface area contributed by atoms with Crippen molar-refractivity contribution in [2.24, 2.45) is 0 Å². The number of hydrogen-bond acceptors (Lipinski definition) is 6. The number of carbonyl (C=O) groups is 1. The fraction of sp³-hybridized carbons (Fsp3) is 0.440. The molecule has 2 aromatic carbocycles. The summed E-state index contributed by atoms with van der Waals surface area (Å²) in [5, 5.41) is 9.29. The van der Waals surface area contributed by atoms with Crippen LogP contribution in [0.3, 0.4) is 0 Å². The van der Waals surface area contributed by atoms with E-state index in [0.717, 1.165) is 25.0 Å². The highest BCUT2D eigenvalue weighted by atomic mass is 32.2. The third-order valence-electron chi connectivity index (χ3n) is 6.31. The van der Waals surface area contributed by atoms with Gasteiger partial charge < -0.3 is 9.64 Å². The van der Waals surface area contributed by atoms with Gasteiger partial charge in [-0.1, -0.05) is 42.5 Å². The maximum absolute atomic E-state index is 13.1. The second kappa shape index (κ2) is 11.1. The number of rotatable bonds is 8. The quantitative estimate of drug-likeness (QED) is 0.572. The molecule has 0 spiro atoms. The lowest BCUT2D eigenvalue weighted by Crippen LogP contribution is -2.52. The van der Waals surface area contributed by atoms with Gasteiger partial charge in [0.2, 0.25) is 15.9 Å². The van der Waals surface area contributed by atoms with Gasteiger partial charge in [-0.3, -0.25) is 9.69 Å². The van der Waals surface area contributed by atoms with Crippen LogP contribution in [0.5, 0.6) is 0 Å². The molecule has 2 aliphatic heterocycles. The van der Waals surface area contributed by atoms with Gasteiger partial charge in [-0.25, -0.2) is 8.42 Å². The minimum absolute atomic E-state index is 0.0107. The van der Waals surface area contributed by atoms with Crippen LogP contribution in [0.25, 0.3) is 0 Å². The van der Waals surface area contributed by atoms with Gasteiger partial charge in [0.05, 0.1) is 23.1 Å². The fourth-order valence-corrected chi connectivity index (χ4v) is 6.06. The van der Waals surface area contributed by atoms with Gasteiger partial charge in [-0.15, -0.1) is 0 Å². The van der Waals surface area contributed by atoms with Crippen LogP contribution in [0.15, 0.2) is 59.5 Å². The van der Waals surface area contributed by atoms with E-state index in [9.17, 15) is 18.5 Å². The van der Waals surface area contributed by atoms with E-state index in [1.54, 1.807) is 17.0 Å². The molecule has 2 aromatic rings. The largest absolute Gasteiger partial charge is 0.377 e. The summed E-state index contributed by atoms with van der Waals surface area (Å²) in [6, 6.07) is 18.2. The summed E-state index contributed by atoms with van der Waals surface area (Å²) < 4.78 is 33.3. The topological polar surface area (TPSA) is 93.9 Å². The summed E-state index contributed by atoms with van der Waals surface area (Å²) in [4.78, 5) is 17.0. The minimum atomic E-state index is -3.79. The Balaban J connectivity index is 1.38. The molecule has 0 radical (unpaired) electrons. The molecule has 0 aliphatic carbocycles. The molecule has 1 amide bonds. The van der Waals surface area contributed by atoms with Crippen LogP contribution in [-0.2, 0) is 26.1 Å². The molecule has 2 fully saturated rings. The molecular weight excluding hydrogens is 452 g/mol. The lowest BCUT2D eigenvalue weighted by molar-refractivity contribution is -0.134. The number of benzene rings is 2. The molecule has 1 atom stereocenters. The van der Waals surface area contributed by atoms with Crippen LogP contribution >= 0.6 is 0 Å². The zero-order chi connectivity index (χ0) is 24.0. The SMILES string of the molecule is N#Cc1ccccc1S(=O)(=O)N1CCN(C(=O)CN(Cc2ccccc2)CC2CCCO2)CC1. The van der Waals surface area contributed by atoms with Gasteiger partial charge in [0.1, 0.15) is 6.07 Å². The third kappa shape index (κ3) is 5.83. The van der Waals surface area contributed by atoms with Crippen molar-refractivity contribution in [1.82, 2.24) is 14.1 Å². The molecule has 2 aliphatic rings. The van der Waals surface area contributed by atoms with Crippen LogP contribution in [0.1, 0.15) is 24.0 Å². The van der Waals surface area contributed by atoms with Gasteiger partial charge in [-0.2, -0.15) is 9.57 Å². The molecule has 34 heavy (non-hydrogen) atoms. The van der Waals surface area contributed by atoms with Gasteiger partial charge in [0.15, 0.2) is 0 Å². The fourth-order valence-electron chi connectivity index (χ4n) is 4.50. The maximum atomic E-state index is 13.1. The first kappa shape index (κ1) is 24.4. The average molecular weight is 483 g/mol. The molecule has 180 valence electrons. The zero-order valence-electron chi connectivity index (χ0n) is 19.2. The highest BCUT2D eigenvalue weighted by Crippen LogP contribution is 2.21. The summed E-state index contributed by atoms with van der Waals surface area (Å²) in [5.41, 5.74) is 1.27. The minimum Gasteiger partial charge on any atom is -0.377 e. The van der Waals surface area contributed by atoms with E-state index >= 15 is 0 Å². The number of ether oxygens (including phenoxy) is 1. The molecular formula is C25H30N4O4S. The number of nitriles is 1. The molecule has 0 N–H and O–H groups in total. The molecule has 2 saturated heterocycles. The van der Waals surface area contributed by atoms with E-state index < -0.39 is 10.0 Å². The van der Waals surface area contributed by atoms with Crippen LogP contribution in [0.2, 0.25) is 0 Å². The number of piperazine rings is 1. The standard InChI is InChI=1S/C25H30N4O4S/c26-17-22-9-4-5-11-24(22)34(31,32)29-14-12-28(13-15-29)25(30)20-27(19-23-10-6-16-33-23)18-21-7-2-1-3-8-21/h1-5,7-9,11,23H,6,10,12-16,18-20H2. The van der Waals surface area contributed by atoms with E-state index in [1.165, 1.54) is 16.4 Å². The Kier molecular flexibility index (Phi) is 7.95. The normalized spacial score (nSPS) is 19.3. The molecule has 0 bridgehead atoms. The number of carbonyl (C=O) groups excluding carboxylic acids is 1. The van der Waals surface area contributed by atoms with E-state index in [1.807, 2.05) is 24.3 Å². The summed E-state index contributed by atoms with van der Waals surface area (Å²) in [5.74, 6) is -0.0107. The lowest BCUT2D eigenvalue weighted by Gasteiger charge is -2.35.